The van der Waals surface area contributed by atoms with E-state index < -0.39 is 0 Å². The summed E-state index contributed by atoms with van der Waals surface area (Å²) in [6.07, 6.45) is 1.99. The van der Waals surface area contributed by atoms with Crippen molar-refractivity contribution in [3.63, 3.8) is 0 Å². The Balaban J connectivity index is 1.53. The van der Waals surface area contributed by atoms with Gasteiger partial charge in [-0.25, -0.2) is 0 Å². The minimum Gasteiger partial charge on any atom is -0.326 e. The van der Waals surface area contributed by atoms with Gasteiger partial charge in [-0.15, -0.1) is 11.3 Å². The average molecular weight is 362 g/mol. The number of anilines is 2. The van der Waals surface area contributed by atoms with Crippen LogP contribution < -0.4 is 10.6 Å². The van der Waals surface area contributed by atoms with Crippen molar-refractivity contribution in [2.75, 3.05) is 10.6 Å². The third-order valence-corrected chi connectivity index (χ3v) is 5.63. The van der Waals surface area contributed by atoms with Crippen LogP contribution in [0.5, 0.6) is 0 Å². The van der Waals surface area contributed by atoms with Gasteiger partial charge in [0, 0.05) is 23.2 Å². The molecule has 4 rings (SSSR count). The maximum absolute atomic E-state index is 12.6. The van der Waals surface area contributed by atoms with Crippen molar-refractivity contribution in [3.8, 4) is 10.4 Å². The molecule has 130 valence electrons. The quantitative estimate of drug-likeness (QED) is 0.708. The minimum atomic E-state index is -0.119. The number of thiophene rings is 1. The van der Waals surface area contributed by atoms with Gasteiger partial charge < -0.3 is 10.6 Å². The second kappa shape index (κ2) is 6.77. The van der Waals surface area contributed by atoms with Gasteiger partial charge in [-0.3, -0.25) is 9.59 Å². The van der Waals surface area contributed by atoms with Gasteiger partial charge in [0.25, 0.3) is 5.91 Å². The molecule has 0 spiro atoms. The predicted octanol–water partition coefficient (Wildman–Crippen LogP) is 4.72. The molecule has 5 heteroatoms. The summed E-state index contributed by atoms with van der Waals surface area (Å²) in [4.78, 5) is 25.6. The number of hydrogen-bond acceptors (Lipinski definition) is 3. The van der Waals surface area contributed by atoms with Gasteiger partial charge in [0.2, 0.25) is 5.91 Å². The first-order valence-corrected chi connectivity index (χ1v) is 9.32. The summed E-state index contributed by atoms with van der Waals surface area (Å²) in [5.41, 5.74) is 5.26. The highest BCUT2D eigenvalue weighted by atomic mass is 32.1. The number of aryl methyl sites for hydroxylation is 2. The summed E-state index contributed by atoms with van der Waals surface area (Å²) in [6, 6.07) is 17.5. The lowest BCUT2D eigenvalue weighted by Crippen LogP contribution is -2.10. The molecule has 2 N–H and O–H groups in total. The number of hydrogen-bond donors (Lipinski definition) is 2. The third kappa shape index (κ3) is 3.26. The lowest BCUT2D eigenvalue weighted by molar-refractivity contribution is -0.114. The van der Waals surface area contributed by atoms with Crippen LogP contribution in [-0.2, 0) is 17.6 Å². The summed E-state index contributed by atoms with van der Waals surface area (Å²) in [7, 11) is 0. The van der Waals surface area contributed by atoms with Gasteiger partial charge in [0.1, 0.15) is 0 Å². The SMILES string of the molecule is CC(=O)Nc1ccc(NC(=O)c2cc3c(s2)-c2ccccc2CC3)cc1. The molecule has 0 atom stereocenters. The van der Waals surface area contributed by atoms with Crippen molar-refractivity contribution in [1.29, 1.82) is 0 Å². The Morgan fingerprint density at radius 1 is 0.885 bits per heavy atom. The van der Waals surface area contributed by atoms with Crippen LogP contribution in [0.3, 0.4) is 0 Å². The summed E-state index contributed by atoms with van der Waals surface area (Å²) >= 11 is 1.55. The second-order valence-corrected chi connectivity index (χ2v) is 7.39. The second-order valence-electron chi connectivity index (χ2n) is 6.33. The van der Waals surface area contributed by atoms with E-state index in [0.29, 0.717) is 11.4 Å². The highest BCUT2D eigenvalue weighted by Crippen LogP contribution is 2.39. The molecule has 0 bridgehead atoms. The minimum absolute atomic E-state index is 0.103. The van der Waals surface area contributed by atoms with E-state index in [9.17, 15) is 9.59 Å². The van der Waals surface area contributed by atoms with Gasteiger partial charge in [-0.1, -0.05) is 24.3 Å². The van der Waals surface area contributed by atoms with Crippen molar-refractivity contribution in [2.45, 2.75) is 19.8 Å². The van der Waals surface area contributed by atoms with Crippen LogP contribution in [0.1, 0.15) is 27.7 Å². The van der Waals surface area contributed by atoms with Gasteiger partial charge >= 0.3 is 0 Å². The molecular weight excluding hydrogens is 344 g/mol. The Morgan fingerprint density at radius 2 is 1.54 bits per heavy atom. The number of amides is 2. The van der Waals surface area contributed by atoms with Crippen LogP contribution in [-0.4, -0.2) is 11.8 Å². The van der Waals surface area contributed by atoms with Crippen LogP contribution in [0.2, 0.25) is 0 Å². The molecular formula is C21H18N2O2S. The maximum atomic E-state index is 12.6. The number of benzene rings is 2. The largest absolute Gasteiger partial charge is 0.326 e. The van der Waals surface area contributed by atoms with Gasteiger partial charge in [0.05, 0.1) is 4.88 Å². The van der Waals surface area contributed by atoms with Crippen LogP contribution in [0.25, 0.3) is 10.4 Å². The third-order valence-electron chi connectivity index (χ3n) is 4.42. The molecule has 26 heavy (non-hydrogen) atoms. The molecule has 3 aromatic rings. The van der Waals surface area contributed by atoms with E-state index in [1.54, 1.807) is 35.6 Å². The molecule has 0 unspecified atom stereocenters. The lowest BCUT2D eigenvalue weighted by atomic mass is 9.91. The molecule has 0 saturated carbocycles. The lowest BCUT2D eigenvalue weighted by Gasteiger charge is -2.15. The Morgan fingerprint density at radius 3 is 2.27 bits per heavy atom. The molecule has 0 radical (unpaired) electrons. The van der Waals surface area contributed by atoms with E-state index in [1.165, 1.54) is 28.5 Å². The zero-order valence-corrected chi connectivity index (χ0v) is 15.2. The molecule has 1 heterocycles. The van der Waals surface area contributed by atoms with E-state index in [2.05, 4.69) is 28.8 Å². The molecule has 4 nitrogen and oxygen atoms in total. The molecule has 1 aliphatic rings. The fourth-order valence-electron chi connectivity index (χ4n) is 3.22. The number of nitrogens with one attached hydrogen (secondary N) is 2. The molecule has 1 aromatic heterocycles. The van der Waals surface area contributed by atoms with E-state index >= 15 is 0 Å². The Labute approximate surface area is 155 Å². The smallest absolute Gasteiger partial charge is 0.265 e. The van der Waals surface area contributed by atoms with E-state index in [4.69, 9.17) is 0 Å². The number of carbonyl (C=O) groups is 2. The van der Waals surface area contributed by atoms with Gasteiger partial charge in [-0.2, -0.15) is 0 Å². The summed E-state index contributed by atoms with van der Waals surface area (Å²) in [5, 5.41) is 5.64. The van der Waals surface area contributed by atoms with Crippen LogP contribution in [0.15, 0.2) is 54.6 Å². The Kier molecular flexibility index (Phi) is 4.31. The highest BCUT2D eigenvalue weighted by molar-refractivity contribution is 7.17. The first kappa shape index (κ1) is 16.5. The summed E-state index contributed by atoms with van der Waals surface area (Å²) in [6.45, 7) is 1.46. The maximum Gasteiger partial charge on any atom is 0.265 e. The zero-order chi connectivity index (χ0) is 18.1. The van der Waals surface area contributed by atoms with Crippen LogP contribution >= 0.6 is 11.3 Å². The van der Waals surface area contributed by atoms with Crippen LogP contribution in [0.4, 0.5) is 11.4 Å². The molecule has 0 aliphatic heterocycles. The topological polar surface area (TPSA) is 58.2 Å². The summed E-state index contributed by atoms with van der Waals surface area (Å²) in [5.74, 6) is -0.222. The van der Waals surface area contributed by atoms with Crippen molar-refractivity contribution in [3.05, 3.63) is 70.6 Å². The molecule has 2 amide bonds. The fourth-order valence-corrected chi connectivity index (χ4v) is 4.38. The Bertz CT molecular complexity index is 990. The summed E-state index contributed by atoms with van der Waals surface area (Å²) < 4.78 is 0. The van der Waals surface area contributed by atoms with Crippen molar-refractivity contribution in [1.82, 2.24) is 0 Å². The number of carbonyl (C=O) groups excluding carboxylic acids is 2. The molecule has 1 aliphatic carbocycles. The number of fused-ring (bicyclic) bond motifs is 3. The first-order chi connectivity index (χ1) is 12.6. The number of rotatable bonds is 3. The monoisotopic (exact) mass is 362 g/mol. The van der Waals surface area contributed by atoms with Crippen molar-refractivity contribution < 1.29 is 9.59 Å². The van der Waals surface area contributed by atoms with Crippen molar-refractivity contribution >= 4 is 34.5 Å². The van der Waals surface area contributed by atoms with E-state index in [1.807, 2.05) is 12.1 Å². The first-order valence-electron chi connectivity index (χ1n) is 8.50. The Hall–Kier alpha value is -2.92. The van der Waals surface area contributed by atoms with Crippen molar-refractivity contribution in [2.24, 2.45) is 0 Å². The van der Waals surface area contributed by atoms with Gasteiger partial charge in [-0.05, 0) is 59.9 Å². The standard InChI is InChI=1S/C21H18N2O2S/c1-13(24)22-16-8-10-17(11-9-16)23-21(25)19-12-15-7-6-14-4-2-3-5-18(14)20(15)26-19/h2-5,8-12H,6-7H2,1H3,(H,22,24)(H,23,25). The molecule has 0 fully saturated rings. The molecule has 0 saturated heterocycles. The van der Waals surface area contributed by atoms with E-state index in [-0.39, 0.29) is 11.8 Å². The van der Waals surface area contributed by atoms with Crippen LogP contribution in [0, 0.1) is 0 Å². The molecule has 2 aromatic carbocycles. The fraction of sp³-hybridized carbons (Fsp3) is 0.143. The highest BCUT2D eigenvalue weighted by Gasteiger charge is 2.21. The van der Waals surface area contributed by atoms with Gasteiger partial charge in [0.15, 0.2) is 0 Å². The average Bonchev–Trinajstić information content (AvgIpc) is 3.08. The normalized spacial score (nSPS) is 12.0. The zero-order valence-electron chi connectivity index (χ0n) is 14.3. The van der Waals surface area contributed by atoms with E-state index in [0.717, 1.165) is 17.7 Å². The predicted molar refractivity (Wildman–Crippen MR) is 106 cm³/mol.